The van der Waals surface area contributed by atoms with Gasteiger partial charge in [-0.15, -0.1) is 5.10 Å². The summed E-state index contributed by atoms with van der Waals surface area (Å²) in [6, 6.07) is 0. The van der Waals surface area contributed by atoms with Gasteiger partial charge in [0, 0.05) is 12.6 Å². The summed E-state index contributed by atoms with van der Waals surface area (Å²) in [5.41, 5.74) is 0. The first kappa shape index (κ1) is 8.07. The molecule has 0 aromatic carbocycles. The molecular formula is C7H12N4. The van der Waals surface area contributed by atoms with Gasteiger partial charge in [0.25, 0.3) is 0 Å². The zero-order valence-corrected chi connectivity index (χ0v) is 6.62. The first-order valence-corrected chi connectivity index (χ1v) is 3.70. The van der Waals surface area contributed by atoms with Crippen molar-refractivity contribution in [2.24, 2.45) is 0 Å². The van der Waals surface area contributed by atoms with Crippen LogP contribution in [0.5, 0.6) is 0 Å². The average molecular weight is 152 g/mol. The van der Waals surface area contributed by atoms with Crippen LogP contribution in [0.25, 0.3) is 0 Å². The molecule has 4 nitrogen and oxygen atoms in total. The van der Waals surface area contributed by atoms with Gasteiger partial charge in [0.05, 0.1) is 6.20 Å². The number of hydrogen-bond donors (Lipinski definition) is 1. The minimum Gasteiger partial charge on any atom is -0.320 e. The van der Waals surface area contributed by atoms with E-state index in [1.54, 1.807) is 12.4 Å². The van der Waals surface area contributed by atoms with Gasteiger partial charge < -0.3 is 5.32 Å². The van der Waals surface area contributed by atoms with Crippen LogP contribution in [0.15, 0.2) is 12.4 Å². The van der Waals surface area contributed by atoms with E-state index in [-0.39, 0.29) is 0 Å². The van der Waals surface area contributed by atoms with Crippen molar-refractivity contribution in [2.45, 2.75) is 12.8 Å². The Morgan fingerprint density at radius 2 is 2.36 bits per heavy atom. The lowest BCUT2D eigenvalue weighted by Gasteiger charge is -1.96. The molecular weight excluding hydrogens is 140 g/mol. The molecule has 0 aliphatic carbocycles. The van der Waals surface area contributed by atoms with Gasteiger partial charge in [-0.3, -0.25) is 0 Å². The zero-order valence-electron chi connectivity index (χ0n) is 6.62. The van der Waals surface area contributed by atoms with Crippen LogP contribution in [-0.2, 0) is 6.42 Å². The van der Waals surface area contributed by atoms with E-state index in [0.29, 0.717) is 0 Å². The van der Waals surface area contributed by atoms with Crippen LogP contribution in [0.2, 0.25) is 0 Å². The number of aryl methyl sites for hydroxylation is 1. The van der Waals surface area contributed by atoms with E-state index >= 15 is 0 Å². The van der Waals surface area contributed by atoms with Crippen molar-refractivity contribution in [3.05, 3.63) is 18.2 Å². The van der Waals surface area contributed by atoms with Gasteiger partial charge in [0.15, 0.2) is 5.82 Å². The lowest BCUT2D eigenvalue weighted by molar-refractivity contribution is 0.690. The van der Waals surface area contributed by atoms with Crippen LogP contribution in [0.1, 0.15) is 12.2 Å². The van der Waals surface area contributed by atoms with Crippen molar-refractivity contribution in [1.29, 1.82) is 0 Å². The number of rotatable bonds is 4. The predicted molar refractivity (Wildman–Crippen MR) is 42.1 cm³/mol. The van der Waals surface area contributed by atoms with E-state index < -0.39 is 0 Å². The maximum atomic E-state index is 4.05. The SMILES string of the molecule is CNCCCc1nccnn1. The smallest absolute Gasteiger partial charge is 0.150 e. The van der Waals surface area contributed by atoms with Crippen molar-refractivity contribution >= 4 is 0 Å². The summed E-state index contributed by atoms with van der Waals surface area (Å²) in [4.78, 5) is 4.05. The third kappa shape index (κ3) is 3.04. The Morgan fingerprint density at radius 3 is 3.00 bits per heavy atom. The van der Waals surface area contributed by atoms with Gasteiger partial charge in [-0.1, -0.05) is 0 Å². The minimum absolute atomic E-state index is 0.822. The van der Waals surface area contributed by atoms with Crippen molar-refractivity contribution in [2.75, 3.05) is 13.6 Å². The maximum absolute atomic E-state index is 4.05. The van der Waals surface area contributed by atoms with E-state index in [9.17, 15) is 0 Å². The summed E-state index contributed by atoms with van der Waals surface area (Å²) < 4.78 is 0. The number of nitrogens with zero attached hydrogens (tertiary/aromatic N) is 3. The molecule has 1 aromatic heterocycles. The predicted octanol–water partition coefficient (Wildman–Crippen LogP) is 0.0236. The highest BCUT2D eigenvalue weighted by Gasteiger charge is 1.93. The Balaban J connectivity index is 2.28. The molecule has 0 fully saturated rings. The summed E-state index contributed by atoms with van der Waals surface area (Å²) >= 11 is 0. The second kappa shape index (κ2) is 4.73. The highest BCUT2D eigenvalue weighted by molar-refractivity contribution is 4.81. The number of nitrogens with one attached hydrogen (secondary N) is 1. The van der Waals surface area contributed by atoms with Crippen LogP contribution in [0, 0.1) is 0 Å². The van der Waals surface area contributed by atoms with Crippen molar-refractivity contribution < 1.29 is 0 Å². The molecule has 0 aliphatic rings. The van der Waals surface area contributed by atoms with Gasteiger partial charge in [-0.25, -0.2) is 4.98 Å². The van der Waals surface area contributed by atoms with Crippen LogP contribution in [0.3, 0.4) is 0 Å². The summed E-state index contributed by atoms with van der Waals surface area (Å²) in [6.07, 6.45) is 5.21. The Labute approximate surface area is 66.1 Å². The van der Waals surface area contributed by atoms with E-state index in [1.165, 1.54) is 0 Å². The van der Waals surface area contributed by atoms with Gasteiger partial charge in [0.1, 0.15) is 0 Å². The fourth-order valence-corrected chi connectivity index (χ4v) is 0.813. The fourth-order valence-electron chi connectivity index (χ4n) is 0.813. The largest absolute Gasteiger partial charge is 0.320 e. The highest BCUT2D eigenvalue weighted by atomic mass is 15.1. The molecule has 1 heterocycles. The molecule has 4 heteroatoms. The molecule has 11 heavy (non-hydrogen) atoms. The van der Waals surface area contributed by atoms with Crippen molar-refractivity contribution in [3.8, 4) is 0 Å². The second-order valence-corrected chi connectivity index (χ2v) is 2.27. The van der Waals surface area contributed by atoms with Crippen molar-refractivity contribution in [3.63, 3.8) is 0 Å². The van der Waals surface area contributed by atoms with E-state index in [2.05, 4.69) is 20.5 Å². The maximum Gasteiger partial charge on any atom is 0.150 e. The second-order valence-electron chi connectivity index (χ2n) is 2.27. The molecule has 0 radical (unpaired) electrons. The standard InChI is InChI=1S/C7H12N4/c1-8-4-2-3-7-9-5-6-10-11-7/h5-6,8H,2-4H2,1H3. The summed E-state index contributed by atoms with van der Waals surface area (Å²) in [5, 5.41) is 10.7. The summed E-state index contributed by atoms with van der Waals surface area (Å²) in [6.45, 7) is 0.998. The first-order valence-electron chi connectivity index (χ1n) is 3.70. The van der Waals surface area contributed by atoms with Crippen LogP contribution >= 0.6 is 0 Å². The summed E-state index contributed by atoms with van der Waals surface area (Å²) in [7, 11) is 1.93. The van der Waals surface area contributed by atoms with Gasteiger partial charge in [-0.2, -0.15) is 5.10 Å². The molecule has 1 aromatic rings. The normalized spacial score (nSPS) is 9.91. The lowest BCUT2D eigenvalue weighted by Crippen LogP contribution is -2.09. The zero-order chi connectivity index (χ0) is 7.94. The quantitative estimate of drug-likeness (QED) is 0.618. The molecule has 0 amide bonds. The molecule has 60 valence electrons. The van der Waals surface area contributed by atoms with Crippen molar-refractivity contribution in [1.82, 2.24) is 20.5 Å². The Kier molecular flexibility index (Phi) is 3.47. The van der Waals surface area contributed by atoms with Gasteiger partial charge in [-0.05, 0) is 20.0 Å². The molecule has 0 spiro atoms. The van der Waals surface area contributed by atoms with E-state index in [0.717, 1.165) is 25.2 Å². The average Bonchev–Trinajstić information content (AvgIpc) is 2.07. The highest BCUT2D eigenvalue weighted by Crippen LogP contribution is 1.90. The van der Waals surface area contributed by atoms with E-state index in [1.807, 2.05) is 7.05 Å². The Morgan fingerprint density at radius 1 is 1.45 bits per heavy atom. The van der Waals surface area contributed by atoms with Crippen LogP contribution < -0.4 is 5.32 Å². The topological polar surface area (TPSA) is 50.7 Å². The van der Waals surface area contributed by atoms with E-state index in [4.69, 9.17) is 0 Å². The molecule has 0 aliphatic heterocycles. The molecule has 0 saturated carbocycles. The number of hydrogen-bond acceptors (Lipinski definition) is 4. The molecule has 0 bridgehead atoms. The molecule has 0 unspecified atom stereocenters. The minimum atomic E-state index is 0.822. The third-order valence-electron chi connectivity index (χ3n) is 1.36. The van der Waals surface area contributed by atoms with Crippen LogP contribution in [-0.4, -0.2) is 28.8 Å². The molecule has 1 rings (SSSR count). The first-order chi connectivity index (χ1) is 5.43. The monoisotopic (exact) mass is 152 g/mol. The van der Waals surface area contributed by atoms with Gasteiger partial charge in [0.2, 0.25) is 0 Å². The van der Waals surface area contributed by atoms with Gasteiger partial charge >= 0.3 is 0 Å². The van der Waals surface area contributed by atoms with Crippen LogP contribution in [0.4, 0.5) is 0 Å². The number of aromatic nitrogens is 3. The summed E-state index contributed by atoms with van der Waals surface area (Å²) in [5.74, 6) is 0.822. The molecule has 0 atom stereocenters. The fraction of sp³-hybridized carbons (Fsp3) is 0.571. The lowest BCUT2D eigenvalue weighted by atomic mass is 10.3. The third-order valence-corrected chi connectivity index (χ3v) is 1.36. The Hall–Kier alpha value is -1.03. The molecule has 1 N–H and O–H groups in total. The molecule has 0 saturated heterocycles. The Bertz CT molecular complexity index is 187.